The molecule has 0 saturated heterocycles. The molecule has 2 rings (SSSR count). The van der Waals surface area contributed by atoms with E-state index in [9.17, 15) is 9.59 Å². The van der Waals surface area contributed by atoms with Gasteiger partial charge in [0.15, 0.2) is 0 Å². The average molecular weight is 308 g/mol. The van der Waals surface area contributed by atoms with Gasteiger partial charge < -0.3 is 15.4 Å². The number of aliphatic hydroxyl groups is 1. The fourth-order valence-corrected chi connectivity index (χ4v) is 2.74. The Morgan fingerprint density at radius 2 is 2.25 bits per heavy atom. The SMILES string of the molecule is O=C(NCc1csc(=O)[nH]1)c1csc(C#CCCO)c1. The van der Waals surface area contributed by atoms with Gasteiger partial charge >= 0.3 is 4.87 Å². The highest BCUT2D eigenvalue weighted by molar-refractivity contribution is 7.10. The van der Waals surface area contributed by atoms with Crippen LogP contribution in [0.15, 0.2) is 21.6 Å². The number of hydrogen-bond donors (Lipinski definition) is 3. The number of aromatic nitrogens is 1. The lowest BCUT2D eigenvalue weighted by Crippen LogP contribution is -2.22. The number of H-pyrrole nitrogens is 1. The minimum atomic E-state index is -0.205. The first-order valence-electron chi connectivity index (χ1n) is 5.82. The summed E-state index contributed by atoms with van der Waals surface area (Å²) in [6, 6.07) is 1.71. The molecule has 0 aliphatic heterocycles. The second kappa shape index (κ2) is 7.05. The van der Waals surface area contributed by atoms with Crippen LogP contribution in [0.1, 0.15) is 27.3 Å². The van der Waals surface area contributed by atoms with E-state index in [1.54, 1.807) is 16.8 Å². The maximum Gasteiger partial charge on any atom is 0.304 e. The number of hydrogen-bond acceptors (Lipinski definition) is 5. The fraction of sp³-hybridized carbons (Fsp3) is 0.231. The summed E-state index contributed by atoms with van der Waals surface area (Å²) in [5, 5.41) is 14.8. The summed E-state index contributed by atoms with van der Waals surface area (Å²) < 4.78 is 0. The highest BCUT2D eigenvalue weighted by atomic mass is 32.1. The number of aromatic amines is 1. The molecule has 0 aliphatic rings. The van der Waals surface area contributed by atoms with Gasteiger partial charge in [0.1, 0.15) is 0 Å². The van der Waals surface area contributed by atoms with Gasteiger partial charge in [-0.1, -0.05) is 23.2 Å². The third-order valence-corrected chi connectivity index (χ3v) is 3.88. The summed E-state index contributed by atoms with van der Waals surface area (Å²) in [7, 11) is 0. The Morgan fingerprint density at radius 3 is 2.95 bits per heavy atom. The standard InChI is InChI=1S/C13H12N2O3S2/c16-4-2-1-3-11-5-9(7-19-11)12(17)14-6-10-8-20-13(18)15-10/h5,7-8,16H,2,4,6H2,(H,14,17)(H,15,18). The summed E-state index contributed by atoms with van der Waals surface area (Å²) in [6.45, 7) is 0.323. The molecule has 7 heteroatoms. The third kappa shape index (κ3) is 4.06. The zero-order valence-electron chi connectivity index (χ0n) is 10.4. The van der Waals surface area contributed by atoms with E-state index in [1.165, 1.54) is 11.3 Å². The Morgan fingerprint density at radius 1 is 1.40 bits per heavy atom. The lowest BCUT2D eigenvalue weighted by atomic mass is 10.3. The highest BCUT2D eigenvalue weighted by Crippen LogP contribution is 2.13. The predicted molar refractivity (Wildman–Crippen MR) is 79.0 cm³/mol. The van der Waals surface area contributed by atoms with E-state index in [1.807, 2.05) is 0 Å². The third-order valence-electron chi connectivity index (χ3n) is 2.32. The van der Waals surface area contributed by atoms with Crippen LogP contribution in [0, 0.1) is 11.8 Å². The molecule has 0 fully saturated rings. The van der Waals surface area contributed by atoms with E-state index in [0.29, 0.717) is 24.2 Å². The molecule has 1 amide bonds. The largest absolute Gasteiger partial charge is 0.395 e. The molecule has 2 aromatic rings. The van der Waals surface area contributed by atoms with Crippen LogP contribution in [0.5, 0.6) is 0 Å². The molecule has 2 aromatic heterocycles. The van der Waals surface area contributed by atoms with Gasteiger partial charge in [-0.25, -0.2) is 0 Å². The number of amides is 1. The van der Waals surface area contributed by atoms with Gasteiger partial charge in [-0.2, -0.15) is 0 Å². The van der Waals surface area contributed by atoms with Crippen molar-refractivity contribution in [2.45, 2.75) is 13.0 Å². The molecule has 0 aromatic carbocycles. The zero-order valence-corrected chi connectivity index (χ0v) is 12.1. The van der Waals surface area contributed by atoms with Crippen LogP contribution in [-0.4, -0.2) is 22.6 Å². The fourth-order valence-electron chi connectivity index (χ4n) is 1.40. The second-order valence-corrected chi connectivity index (χ2v) is 5.58. The second-order valence-electron chi connectivity index (χ2n) is 3.83. The summed E-state index contributed by atoms with van der Waals surface area (Å²) in [6.07, 6.45) is 0.422. The molecule has 0 atom stereocenters. The van der Waals surface area contributed by atoms with Gasteiger partial charge in [-0.3, -0.25) is 9.59 Å². The quantitative estimate of drug-likeness (QED) is 0.741. The Labute approximate surface area is 123 Å². The number of thiophene rings is 1. The van der Waals surface area contributed by atoms with E-state index in [4.69, 9.17) is 5.11 Å². The Balaban J connectivity index is 1.93. The molecule has 2 heterocycles. The van der Waals surface area contributed by atoms with Gasteiger partial charge in [-0.05, 0) is 6.07 Å². The van der Waals surface area contributed by atoms with E-state index in [-0.39, 0.29) is 17.4 Å². The molecule has 0 radical (unpaired) electrons. The van der Waals surface area contributed by atoms with Gasteiger partial charge in [0.25, 0.3) is 5.91 Å². The van der Waals surface area contributed by atoms with Crippen molar-refractivity contribution in [3.05, 3.63) is 42.6 Å². The van der Waals surface area contributed by atoms with Gasteiger partial charge in [0.2, 0.25) is 0 Å². The van der Waals surface area contributed by atoms with Crippen molar-refractivity contribution in [2.24, 2.45) is 0 Å². The smallest absolute Gasteiger partial charge is 0.304 e. The van der Waals surface area contributed by atoms with E-state index in [0.717, 1.165) is 16.2 Å². The Kier molecular flexibility index (Phi) is 5.12. The Bertz CT molecular complexity index is 703. The monoisotopic (exact) mass is 308 g/mol. The first kappa shape index (κ1) is 14.5. The molecule has 3 N–H and O–H groups in total. The summed E-state index contributed by atoms with van der Waals surface area (Å²) >= 11 is 2.45. The van der Waals surface area contributed by atoms with Gasteiger partial charge in [-0.15, -0.1) is 11.3 Å². The van der Waals surface area contributed by atoms with Crippen LogP contribution < -0.4 is 10.2 Å². The van der Waals surface area contributed by atoms with Crippen LogP contribution >= 0.6 is 22.7 Å². The van der Waals surface area contributed by atoms with Crippen molar-refractivity contribution in [3.8, 4) is 11.8 Å². The van der Waals surface area contributed by atoms with Crippen molar-refractivity contribution in [1.29, 1.82) is 0 Å². The zero-order chi connectivity index (χ0) is 14.4. The van der Waals surface area contributed by atoms with Crippen LogP contribution in [0.25, 0.3) is 0 Å². The van der Waals surface area contributed by atoms with Gasteiger partial charge in [0, 0.05) is 22.9 Å². The van der Waals surface area contributed by atoms with Crippen molar-refractivity contribution in [3.63, 3.8) is 0 Å². The minimum Gasteiger partial charge on any atom is -0.395 e. The molecule has 0 aliphatic carbocycles. The van der Waals surface area contributed by atoms with Crippen molar-refractivity contribution in [2.75, 3.05) is 6.61 Å². The number of aliphatic hydroxyl groups excluding tert-OH is 1. The van der Waals surface area contributed by atoms with Crippen LogP contribution in [-0.2, 0) is 6.54 Å². The molecule has 20 heavy (non-hydrogen) atoms. The number of rotatable bonds is 4. The molecule has 0 saturated carbocycles. The first-order chi connectivity index (χ1) is 9.69. The van der Waals surface area contributed by atoms with E-state index >= 15 is 0 Å². The number of nitrogens with one attached hydrogen (secondary N) is 2. The maximum absolute atomic E-state index is 11.9. The van der Waals surface area contributed by atoms with Gasteiger partial charge in [0.05, 0.1) is 23.6 Å². The van der Waals surface area contributed by atoms with Crippen molar-refractivity contribution in [1.82, 2.24) is 10.3 Å². The summed E-state index contributed by atoms with van der Waals surface area (Å²) in [5.41, 5.74) is 1.23. The highest BCUT2D eigenvalue weighted by Gasteiger charge is 2.08. The lowest BCUT2D eigenvalue weighted by molar-refractivity contribution is 0.0951. The molecule has 104 valence electrons. The minimum absolute atomic E-state index is 0.0323. The lowest BCUT2D eigenvalue weighted by Gasteiger charge is -2.00. The molecular weight excluding hydrogens is 296 g/mol. The summed E-state index contributed by atoms with van der Waals surface area (Å²) in [5.74, 6) is 5.48. The maximum atomic E-state index is 11.9. The predicted octanol–water partition coefficient (Wildman–Crippen LogP) is 1.16. The normalized spacial score (nSPS) is 9.85. The van der Waals surface area contributed by atoms with Crippen LogP contribution in [0.2, 0.25) is 0 Å². The van der Waals surface area contributed by atoms with Crippen molar-refractivity contribution < 1.29 is 9.90 Å². The number of thiazole rings is 1. The van der Waals surface area contributed by atoms with E-state index < -0.39 is 0 Å². The van der Waals surface area contributed by atoms with Crippen molar-refractivity contribution >= 4 is 28.6 Å². The van der Waals surface area contributed by atoms with Crippen LogP contribution in [0.4, 0.5) is 0 Å². The van der Waals surface area contributed by atoms with Crippen LogP contribution in [0.3, 0.4) is 0 Å². The van der Waals surface area contributed by atoms with E-state index in [2.05, 4.69) is 22.1 Å². The molecular formula is C13H12N2O3S2. The molecule has 0 spiro atoms. The number of carbonyl (C=O) groups is 1. The number of carbonyl (C=O) groups excluding carboxylic acids is 1. The molecule has 0 unspecified atom stereocenters. The summed E-state index contributed by atoms with van der Waals surface area (Å²) in [4.78, 5) is 26.1. The average Bonchev–Trinajstić information content (AvgIpc) is 3.06. The first-order valence-corrected chi connectivity index (χ1v) is 7.58. The topological polar surface area (TPSA) is 82.2 Å². The Hall–Kier alpha value is -1.88. The molecule has 5 nitrogen and oxygen atoms in total. The molecule has 0 bridgehead atoms.